The summed E-state index contributed by atoms with van der Waals surface area (Å²) in [6.45, 7) is 2.56. The van der Waals surface area contributed by atoms with Gasteiger partial charge in [0.2, 0.25) is 5.91 Å². The van der Waals surface area contributed by atoms with Crippen molar-refractivity contribution in [2.24, 2.45) is 5.92 Å². The average Bonchev–Trinajstić information content (AvgIpc) is 1.99. The van der Waals surface area contributed by atoms with Gasteiger partial charge in [0.1, 0.15) is 6.29 Å². The summed E-state index contributed by atoms with van der Waals surface area (Å²) in [7, 11) is 3.64. The van der Waals surface area contributed by atoms with Gasteiger partial charge in [-0.15, -0.1) is 0 Å². The van der Waals surface area contributed by atoms with Gasteiger partial charge in [-0.3, -0.25) is 4.79 Å². The molecule has 1 amide bonds. The van der Waals surface area contributed by atoms with Crippen LogP contribution in [0.4, 0.5) is 0 Å². The maximum Gasteiger partial charge on any atom is 0.234 e. The standard InChI is InChI=1S/C8H16N2O2/c1-7(6-11)4-9-8(12)5-10(2)3/h6-7H,4-5H2,1-3H3,(H,9,12). The second-order valence-corrected chi connectivity index (χ2v) is 3.16. The van der Waals surface area contributed by atoms with E-state index in [1.54, 1.807) is 11.8 Å². The quantitative estimate of drug-likeness (QED) is 0.569. The summed E-state index contributed by atoms with van der Waals surface area (Å²) in [6, 6.07) is 0. The Kier molecular flexibility index (Phi) is 5.28. The highest BCUT2D eigenvalue weighted by Crippen LogP contribution is 1.84. The SMILES string of the molecule is CC(C=O)CNC(=O)CN(C)C. The predicted octanol–water partition coefficient (Wildman–Crippen LogP) is -0.501. The largest absolute Gasteiger partial charge is 0.354 e. The molecule has 0 saturated carbocycles. The number of carbonyl (C=O) groups excluding carboxylic acids is 2. The molecule has 0 aliphatic carbocycles. The normalized spacial score (nSPS) is 12.7. The maximum atomic E-state index is 11.0. The lowest BCUT2D eigenvalue weighted by molar-refractivity contribution is -0.122. The van der Waals surface area contributed by atoms with E-state index < -0.39 is 0 Å². The fraction of sp³-hybridized carbons (Fsp3) is 0.750. The smallest absolute Gasteiger partial charge is 0.234 e. The summed E-state index contributed by atoms with van der Waals surface area (Å²) in [5, 5.41) is 2.65. The van der Waals surface area contributed by atoms with Gasteiger partial charge in [-0.2, -0.15) is 0 Å². The summed E-state index contributed by atoms with van der Waals surface area (Å²) in [5.41, 5.74) is 0. The molecule has 12 heavy (non-hydrogen) atoms. The minimum Gasteiger partial charge on any atom is -0.354 e. The zero-order valence-electron chi connectivity index (χ0n) is 7.83. The Morgan fingerprint density at radius 1 is 1.58 bits per heavy atom. The Labute approximate surface area is 72.9 Å². The number of hydrogen-bond donors (Lipinski definition) is 1. The fourth-order valence-corrected chi connectivity index (χ4v) is 0.666. The van der Waals surface area contributed by atoms with Crippen LogP contribution in [-0.2, 0) is 9.59 Å². The highest BCUT2D eigenvalue weighted by atomic mass is 16.2. The van der Waals surface area contributed by atoms with Crippen molar-refractivity contribution in [3.63, 3.8) is 0 Å². The van der Waals surface area contributed by atoms with Crippen molar-refractivity contribution in [3.05, 3.63) is 0 Å². The van der Waals surface area contributed by atoms with E-state index in [0.29, 0.717) is 13.1 Å². The molecule has 0 aliphatic rings. The molecule has 1 atom stereocenters. The van der Waals surface area contributed by atoms with Crippen LogP contribution in [0.25, 0.3) is 0 Å². The summed E-state index contributed by atoms with van der Waals surface area (Å²) < 4.78 is 0. The van der Waals surface area contributed by atoms with Crippen molar-refractivity contribution in [1.29, 1.82) is 0 Å². The van der Waals surface area contributed by atoms with Gasteiger partial charge in [0, 0.05) is 12.5 Å². The van der Waals surface area contributed by atoms with Gasteiger partial charge in [0.15, 0.2) is 0 Å². The Morgan fingerprint density at radius 2 is 2.17 bits per heavy atom. The molecule has 1 N–H and O–H groups in total. The first-order chi connectivity index (χ1) is 5.56. The summed E-state index contributed by atoms with van der Waals surface area (Å²) in [5.74, 6) is -0.148. The molecule has 0 aromatic rings. The van der Waals surface area contributed by atoms with E-state index in [4.69, 9.17) is 0 Å². The van der Waals surface area contributed by atoms with Gasteiger partial charge < -0.3 is 15.0 Å². The number of amides is 1. The van der Waals surface area contributed by atoms with Crippen LogP contribution in [0, 0.1) is 5.92 Å². The van der Waals surface area contributed by atoms with Gasteiger partial charge in [-0.25, -0.2) is 0 Å². The topological polar surface area (TPSA) is 49.4 Å². The van der Waals surface area contributed by atoms with E-state index in [0.717, 1.165) is 6.29 Å². The van der Waals surface area contributed by atoms with Crippen LogP contribution in [-0.4, -0.2) is 44.3 Å². The Hall–Kier alpha value is -0.900. The Balaban J connectivity index is 3.50. The van der Waals surface area contributed by atoms with Gasteiger partial charge in [-0.1, -0.05) is 6.92 Å². The minimum atomic E-state index is -0.101. The van der Waals surface area contributed by atoms with E-state index in [2.05, 4.69) is 5.32 Å². The molecular weight excluding hydrogens is 156 g/mol. The summed E-state index contributed by atoms with van der Waals surface area (Å²) in [4.78, 5) is 23.0. The molecule has 0 rings (SSSR count). The number of hydrogen-bond acceptors (Lipinski definition) is 3. The highest BCUT2D eigenvalue weighted by Gasteiger charge is 2.04. The summed E-state index contributed by atoms with van der Waals surface area (Å²) >= 11 is 0. The first-order valence-corrected chi connectivity index (χ1v) is 3.93. The van der Waals surface area contributed by atoms with E-state index in [1.807, 2.05) is 14.1 Å². The van der Waals surface area contributed by atoms with Crippen LogP contribution < -0.4 is 5.32 Å². The van der Waals surface area contributed by atoms with Crippen LogP contribution in [0.2, 0.25) is 0 Å². The molecule has 0 aromatic carbocycles. The number of aldehydes is 1. The number of likely N-dealkylation sites (N-methyl/N-ethyl adjacent to an activating group) is 1. The lowest BCUT2D eigenvalue weighted by Crippen LogP contribution is -2.35. The zero-order chi connectivity index (χ0) is 9.56. The first-order valence-electron chi connectivity index (χ1n) is 3.93. The van der Waals surface area contributed by atoms with Gasteiger partial charge >= 0.3 is 0 Å². The van der Waals surface area contributed by atoms with Crippen molar-refractivity contribution in [3.8, 4) is 0 Å². The van der Waals surface area contributed by atoms with Gasteiger partial charge in [0.25, 0.3) is 0 Å². The lowest BCUT2D eigenvalue weighted by atomic mass is 10.2. The van der Waals surface area contributed by atoms with Crippen molar-refractivity contribution in [2.45, 2.75) is 6.92 Å². The van der Waals surface area contributed by atoms with Crippen LogP contribution in [0.15, 0.2) is 0 Å². The Bertz CT molecular complexity index is 157. The maximum absolute atomic E-state index is 11.0. The summed E-state index contributed by atoms with van der Waals surface area (Å²) in [6.07, 6.45) is 0.829. The molecule has 4 nitrogen and oxygen atoms in total. The first kappa shape index (κ1) is 11.1. The van der Waals surface area contributed by atoms with E-state index in [9.17, 15) is 9.59 Å². The third-order valence-corrected chi connectivity index (χ3v) is 1.31. The molecule has 0 saturated heterocycles. The van der Waals surface area contributed by atoms with Crippen molar-refractivity contribution in [2.75, 3.05) is 27.2 Å². The lowest BCUT2D eigenvalue weighted by Gasteiger charge is -2.10. The number of nitrogens with zero attached hydrogens (tertiary/aromatic N) is 1. The number of rotatable bonds is 5. The van der Waals surface area contributed by atoms with Gasteiger partial charge in [0.05, 0.1) is 6.54 Å². The second-order valence-electron chi connectivity index (χ2n) is 3.16. The van der Waals surface area contributed by atoms with Crippen molar-refractivity contribution >= 4 is 12.2 Å². The average molecular weight is 172 g/mol. The third kappa shape index (κ3) is 5.85. The highest BCUT2D eigenvalue weighted by molar-refractivity contribution is 5.78. The zero-order valence-corrected chi connectivity index (χ0v) is 7.83. The molecule has 70 valence electrons. The molecule has 1 unspecified atom stereocenters. The molecule has 0 spiro atoms. The van der Waals surface area contributed by atoms with E-state index >= 15 is 0 Å². The van der Waals surface area contributed by atoms with Crippen LogP contribution in [0.1, 0.15) is 6.92 Å². The molecule has 0 aliphatic heterocycles. The molecule has 0 aromatic heterocycles. The minimum absolute atomic E-state index is 0.0475. The molecule has 0 bridgehead atoms. The molecule has 0 fully saturated rings. The van der Waals surface area contributed by atoms with E-state index in [1.165, 1.54) is 0 Å². The fourth-order valence-electron chi connectivity index (χ4n) is 0.666. The van der Waals surface area contributed by atoms with Crippen LogP contribution >= 0.6 is 0 Å². The third-order valence-electron chi connectivity index (χ3n) is 1.31. The molecular formula is C8H16N2O2. The van der Waals surface area contributed by atoms with Gasteiger partial charge in [-0.05, 0) is 14.1 Å². The second kappa shape index (κ2) is 5.71. The van der Waals surface area contributed by atoms with Crippen molar-refractivity contribution in [1.82, 2.24) is 10.2 Å². The van der Waals surface area contributed by atoms with Crippen LogP contribution in [0.5, 0.6) is 0 Å². The van der Waals surface area contributed by atoms with Crippen LogP contribution in [0.3, 0.4) is 0 Å². The van der Waals surface area contributed by atoms with E-state index in [-0.39, 0.29) is 11.8 Å². The Morgan fingerprint density at radius 3 is 2.58 bits per heavy atom. The predicted molar refractivity (Wildman–Crippen MR) is 46.8 cm³/mol. The molecule has 0 radical (unpaired) electrons. The molecule has 4 heteroatoms. The monoisotopic (exact) mass is 172 g/mol. The number of nitrogens with one attached hydrogen (secondary N) is 1. The van der Waals surface area contributed by atoms with Crippen molar-refractivity contribution < 1.29 is 9.59 Å². The number of carbonyl (C=O) groups is 2. The molecule has 0 heterocycles.